The highest BCUT2D eigenvalue weighted by Gasteiger charge is 2.35. The second-order valence-electron chi connectivity index (χ2n) is 8.20. The summed E-state index contributed by atoms with van der Waals surface area (Å²) in [6, 6.07) is 9.33. The molecule has 34 heavy (non-hydrogen) atoms. The van der Waals surface area contributed by atoms with Gasteiger partial charge in [-0.15, -0.1) is 15.3 Å². The second kappa shape index (κ2) is 9.29. The van der Waals surface area contributed by atoms with Crippen molar-refractivity contribution in [3.8, 4) is 11.6 Å². The van der Waals surface area contributed by atoms with Crippen LogP contribution in [-0.2, 0) is 16.1 Å². The van der Waals surface area contributed by atoms with Crippen LogP contribution in [-0.4, -0.2) is 62.9 Å². The molecule has 4 heterocycles. The summed E-state index contributed by atoms with van der Waals surface area (Å²) in [6.45, 7) is 3.38. The van der Waals surface area contributed by atoms with E-state index in [1.54, 1.807) is 29.8 Å². The monoisotopic (exact) mass is 471 g/mol. The fourth-order valence-corrected chi connectivity index (χ4v) is 4.12. The van der Waals surface area contributed by atoms with Crippen LogP contribution >= 0.6 is 0 Å². The van der Waals surface area contributed by atoms with Crippen molar-refractivity contribution in [2.24, 2.45) is 0 Å². The van der Waals surface area contributed by atoms with Crippen LogP contribution in [0.5, 0.6) is 5.88 Å². The van der Waals surface area contributed by atoms with Gasteiger partial charge in [-0.3, -0.25) is 4.79 Å². The largest absolute Gasteiger partial charge is 0.470 e. The fourth-order valence-electron chi connectivity index (χ4n) is 4.12. The third kappa shape index (κ3) is 4.53. The third-order valence-electron chi connectivity index (χ3n) is 5.98. The summed E-state index contributed by atoms with van der Waals surface area (Å²) >= 11 is 0. The van der Waals surface area contributed by atoms with Crippen LogP contribution in [0, 0.1) is 6.92 Å². The SMILES string of the molecule is Cc1nnn(-c2ccc(C(F)F)cc2)c1COc1ccc(N2CCC3OCC(=O)NC3C2)nn1. The normalized spacial score (nSPS) is 20.2. The van der Waals surface area contributed by atoms with Crippen molar-refractivity contribution in [3.63, 3.8) is 0 Å². The predicted octanol–water partition coefficient (Wildman–Crippen LogP) is 1.98. The minimum atomic E-state index is -2.53. The number of nitrogens with zero attached hydrogens (tertiary/aromatic N) is 6. The Morgan fingerprint density at radius 1 is 1.18 bits per heavy atom. The Morgan fingerprint density at radius 3 is 2.74 bits per heavy atom. The maximum Gasteiger partial charge on any atom is 0.263 e. The first-order valence-corrected chi connectivity index (χ1v) is 10.9. The van der Waals surface area contributed by atoms with Crippen LogP contribution in [0.4, 0.5) is 14.6 Å². The van der Waals surface area contributed by atoms with E-state index in [0.717, 1.165) is 13.0 Å². The highest BCUT2D eigenvalue weighted by Crippen LogP contribution is 2.24. The predicted molar refractivity (Wildman–Crippen MR) is 116 cm³/mol. The zero-order chi connectivity index (χ0) is 23.7. The van der Waals surface area contributed by atoms with Crippen molar-refractivity contribution in [1.82, 2.24) is 30.5 Å². The van der Waals surface area contributed by atoms with Crippen molar-refractivity contribution >= 4 is 11.7 Å². The summed E-state index contributed by atoms with van der Waals surface area (Å²) in [5, 5.41) is 19.6. The van der Waals surface area contributed by atoms with E-state index in [2.05, 4.69) is 30.7 Å². The third-order valence-corrected chi connectivity index (χ3v) is 5.98. The van der Waals surface area contributed by atoms with E-state index in [9.17, 15) is 13.6 Å². The molecule has 5 rings (SSSR count). The molecule has 12 heteroatoms. The van der Waals surface area contributed by atoms with E-state index in [1.165, 1.54) is 12.1 Å². The number of hydrogen-bond donors (Lipinski definition) is 1. The molecule has 2 atom stereocenters. The molecule has 1 amide bonds. The van der Waals surface area contributed by atoms with Crippen molar-refractivity contribution < 1.29 is 23.0 Å². The van der Waals surface area contributed by atoms with Crippen molar-refractivity contribution in [2.75, 3.05) is 24.6 Å². The maximum atomic E-state index is 12.8. The number of ether oxygens (including phenoxy) is 2. The first-order chi connectivity index (χ1) is 16.5. The number of morpholine rings is 1. The number of amides is 1. The molecule has 2 aliphatic rings. The lowest BCUT2D eigenvalue weighted by molar-refractivity contribution is -0.137. The quantitative estimate of drug-likeness (QED) is 0.582. The van der Waals surface area contributed by atoms with Gasteiger partial charge in [0.15, 0.2) is 5.82 Å². The average Bonchev–Trinajstić information content (AvgIpc) is 3.22. The van der Waals surface area contributed by atoms with Gasteiger partial charge in [0.2, 0.25) is 11.8 Å². The Kier molecular flexibility index (Phi) is 6.05. The molecule has 2 unspecified atom stereocenters. The summed E-state index contributed by atoms with van der Waals surface area (Å²) in [5.74, 6) is 0.910. The minimum absolute atomic E-state index is 0.0257. The number of rotatable bonds is 6. The maximum absolute atomic E-state index is 12.8. The smallest absolute Gasteiger partial charge is 0.263 e. The molecule has 1 aromatic carbocycles. The number of aryl methyl sites for hydroxylation is 1. The molecule has 10 nitrogen and oxygen atoms in total. The lowest BCUT2D eigenvalue weighted by Gasteiger charge is -2.41. The summed E-state index contributed by atoms with van der Waals surface area (Å²) in [7, 11) is 0. The van der Waals surface area contributed by atoms with E-state index >= 15 is 0 Å². The first-order valence-electron chi connectivity index (χ1n) is 10.9. The van der Waals surface area contributed by atoms with E-state index < -0.39 is 6.43 Å². The summed E-state index contributed by atoms with van der Waals surface area (Å²) in [6.07, 6.45) is -1.71. The molecule has 3 aromatic rings. The highest BCUT2D eigenvalue weighted by atomic mass is 19.3. The molecule has 2 aliphatic heterocycles. The fraction of sp³-hybridized carbons (Fsp3) is 0.409. The number of anilines is 1. The average molecular weight is 471 g/mol. The molecule has 0 spiro atoms. The topological polar surface area (TPSA) is 107 Å². The van der Waals surface area contributed by atoms with Crippen LogP contribution < -0.4 is 15.0 Å². The highest BCUT2D eigenvalue weighted by molar-refractivity contribution is 5.78. The van der Waals surface area contributed by atoms with Crippen LogP contribution in [0.15, 0.2) is 36.4 Å². The summed E-state index contributed by atoms with van der Waals surface area (Å²) in [4.78, 5) is 13.7. The van der Waals surface area contributed by atoms with E-state index in [-0.39, 0.29) is 36.8 Å². The van der Waals surface area contributed by atoms with Gasteiger partial charge in [0.05, 0.1) is 23.5 Å². The van der Waals surface area contributed by atoms with Gasteiger partial charge in [0.1, 0.15) is 18.9 Å². The molecule has 0 bridgehead atoms. The van der Waals surface area contributed by atoms with Gasteiger partial charge in [-0.1, -0.05) is 17.3 Å². The molecule has 1 N–H and O–H groups in total. The van der Waals surface area contributed by atoms with Crippen molar-refractivity contribution in [3.05, 3.63) is 53.3 Å². The Morgan fingerprint density at radius 2 is 2.00 bits per heavy atom. The number of hydrogen-bond acceptors (Lipinski definition) is 8. The zero-order valence-electron chi connectivity index (χ0n) is 18.4. The van der Waals surface area contributed by atoms with Gasteiger partial charge in [0.25, 0.3) is 6.43 Å². The van der Waals surface area contributed by atoms with Crippen molar-refractivity contribution in [2.45, 2.75) is 38.5 Å². The molecule has 178 valence electrons. The van der Waals surface area contributed by atoms with Crippen molar-refractivity contribution in [1.29, 1.82) is 0 Å². The second-order valence-corrected chi connectivity index (χ2v) is 8.20. The number of carbonyl (C=O) groups excluding carboxylic acids is 1. The standard InChI is InChI=1S/C22H23F2N7O3/c1-13-17(31(29-26-13)15-4-2-14(3-5-15)22(23)24)11-34-21-7-6-19(27-28-21)30-9-8-18-16(10-30)25-20(32)12-33-18/h2-7,16,18,22H,8-12H2,1H3,(H,25,32). The number of aromatic nitrogens is 5. The first kappa shape index (κ1) is 22.1. The van der Waals surface area contributed by atoms with Gasteiger partial charge in [-0.25, -0.2) is 13.5 Å². The lowest BCUT2D eigenvalue weighted by atomic mass is 10.0. The Hall–Kier alpha value is -3.67. The number of benzene rings is 1. The van der Waals surface area contributed by atoms with Gasteiger partial charge in [0, 0.05) is 24.7 Å². The number of halogens is 2. The molecule has 0 radical (unpaired) electrons. The number of fused-ring (bicyclic) bond motifs is 1. The zero-order valence-corrected chi connectivity index (χ0v) is 18.4. The molecule has 2 saturated heterocycles. The summed E-state index contributed by atoms with van der Waals surface area (Å²) < 4.78 is 38.6. The Labute approximate surface area is 193 Å². The number of nitrogens with one attached hydrogen (secondary N) is 1. The Bertz CT molecular complexity index is 1150. The number of alkyl halides is 2. The molecular formula is C22H23F2N7O3. The van der Waals surface area contributed by atoms with E-state index in [0.29, 0.717) is 35.3 Å². The van der Waals surface area contributed by atoms with Crippen LogP contribution in [0.3, 0.4) is 0 Å². The molecular weight excluding hydrogens is 448 g/mol. The van der Waals surface area contributed by atoms with E-state index in [1.807, 2.05) is 6.07 Å². The number of piperidine rings is 1. The molecule has 2 aromatic heterocycles. The van der Waals surface area contributed by atoms with Crippen LogP contribution in [0.1, 0.15) is 29.8 Å². The lowest BCUT2D eigenvalue weighted by Crippen LogP contribution is -2.60. The number of carbonyl (C=O) groups is 1. The minimum Gasteiger partial charge on any atom is -0.470 e. The van der Waals surface area contributed by atoms with Crippen LogP contribution in [0.2, 0.25) is 0 Å². The van der Waals surface area contributed by atoms with Gasteiger partial charge < -0.3 is 19.7 Å². The van der Waals surface area contributed by atoms with Gasteiger partial charge in [-0.05, 0) is 31.5 Å². The van der Waals surface area contributed by atoms with Gasteiger partial charge >= 0.3 is 0 Å². The van der Waals surface area contributed by atoms with Gasteiger partial charge in [-0.2, -0.15) is 0 Å². The Balaban J connectivity index is 1.23. The van der Waals surface area contributed by atoms with E-state index in [4.69, 9.17) is 9.47 Å². The summed E-state index contributed by atoms with van der Waals surface area (Å²) in [5.41, 5.74) is 1.87. The molecule has 2 fully saturated rings. The molecule has 0 aliphatic carbocycles. The van der Waals surface area contributed by atoms with Crippen LogP contribution in [0.25, 0.3) is 5.69 Å². The molecule has 0 saturated carbocycles.